The van der Waals surface area contributed by atoms with Gasteiger partial charge in [-0.25, -0.2) is 0 Å². The molecule has 1 aromatic rings. The fourth-order valence-corrected chi connectivity index (χ4v) is 4.44. The summed E-state index contributed by atoms with van der Waals surface area (Å²) in [7, 11) is 0. The number of guanidine groups is 1. The average molecular weight is 498 g/mol. The Morgan fingerprint density at radius 3 is 2.61 bits per heavy atom. The summed E-state index contributed by atoms with van der Waals surface area (Å²) in [6.45, 7) is 8.42. The van der Waals surface area contributed by atoms with E-state index in [0.29, 0.717) is 18.0 Å². The van der Waals surface area contributed by atoms with Gasteiger partial charge in [0.2, 0.25) is 0 Å². The third-order valence-electron chi connectivity index (χ3n) is 6.13. The summed E-state index contributed by atoms with van der Waals surface area (Å²) in [5.41, 5.74) is 1.44. The van der Waals surface area contributed by atoms with Gasteiger partial charge >= 0.3 is 0 Å². The molecule has 0 bridgehead atoms. The number of nitrogens with one attached hydrogen (secondary N) is 2. The molecule has 1 aliphatic carbocycles. The van der Waals surface area contributed by atoms with Gasteiger partial charge in [0.15, 0.2) is 5.96 Å². The maximum absolute atomic E-state index is 5.52. The molecule has 0 aromatic heterocycles. The summed E-state index contributed by atoms with van der Waals surface area (Å²) in [6.07, 6.45) is 4.84. The summed E-state index contributed by atoms with van der Waals surface area (Å²) in [6, 6.07) is 11.9. The second-order valence-corrected chi connectivity index (χ2v) is 8.28. The number of hydrogen-bond donors (Lipinski definition) is 2. The van der Waals surface area contributed by atoms with E-state index in [2.05, 4.69) is 52.8 Å². The number of piperidine rings is 1. The van der Waals surface area contributed by atoms with E-state index in [1.165, 1.54) is 50.9 Å². The van der Waals surface area contributed by atoms with Crippen LogP contribution in [0.25, 0.3) is 0 Å². The molecule has 3 unspecified atom stereocenters. The molecule has 4 rings (SSSR count). The minimum atomic E-state index is 0. The van der Waals surface area contributed by atoms with Gasteiger partial charge in [0.25, 0.3) is 0 Å². The van der Waals surface area contributed by atoms with Crippen molar-refractivity contribution in [1.29, 1.82) is 0 Å². The summed E-state index contributed by atoms with van der Waals surface area (Å²) in [5.74, 6) is 2.38. The van der Waals surface area contributed by atoms with Crippen molar-refractivity contribution in [2.75, 3.05) is 39.4 Å². The Labute approximate surface area is 186 Å². The fourth-order valence-electron chi connectivity index (χ4n) is 4.44. The van der Waals surface area contributed by atoms with Crippen LogP contribution in [0.4, 0.5) is 0 Å². The molecule has 2 heterocycles. The number of halogens is 1. The molecule has 3 atom stereocenters. The minimum absolute atomic E-state index is 0. The van der Waals surface area contributed by atoms with Gasteiger partial charge in [-0.3, -0.25) is 4.99 Å². The number of ether oxygens (including phenoxy) is 1. The van der Waals surface area contributed by atoms with Crippen molar-refractivity contribution < 1.29 is 4.74 Å². The van der Waals surface area contributed by atoms with Gasteiger partial charge in [-0.05, 0) is 44.1 Å². The Bertz CT molecular complexity index is 612. The molecule has 1 saturated carbocycles. The average Bonchev–Trinajstić information content (AvgIpc) is 3.27. The minimum Gasteiger partial charge on any atom is -0.381 e. The molecular weight excluding hydrogens is 463 g/mol. The highest BCUT2D eigenvalue weighted by atomic mass is 127. The molecule has 3 aliphatic rings. The fraction of sp³-hybridized carbons (Fsp3) is 0.682. The predicted molar refractivity (Wildman–Crippen MR) is 126 cm³/mol. The third kappa shape index (κ3) is 6.07. The largest absolute Gasteiger partial charge is 0.381 e. The Morgan fingerprint density at radius 2 is 1.93 bits per heavy atom. The van der Waals surface area contributed by atoms with Gasteiger partial charge in [0.1, 0.15) is 0 Å². The Morgan fingerprint density at radius 1 is 1.14 bits per heavy atom. The van der Waals surface area contributed by atoms with Crippen LogP contribution in [0.3, 0.4) is 0 Å². The van der Waals surface area contributed by atoms with Crippen molar-refractivity contribution in [3.63, 3.8) is 0 Å². The molecule has 0 amide bonds. The van der Waals surface area contributed by atoms with E-state index in [-0.39, 0.29) is 24.0 Å². The van der Waals surface area contributed by atoms with Crippen LogP contribution in [-0.2, 0) is 4.74 Å². The van der Waals surface area contributed by atoms with Gasteiger partial charge in [-0.1, -0.05) is 30.3 Å². The van der Waals surface area contributed by atoms with Crippen LogP contribution in [0.2, 0.25) is 0 Å². The van der Waals surface area contributed by atoms with E-state index in [4.69, 9.17) is 9.73 Å². The smallest absolute Gasteiger partial charge is 0.191 e. The number of aliphatic imine (C=N–C) groups is 1. The molecule has 5 nitrogen and oxygen atoms in total. The van der Waals surface area contributed by atoms with Gasteiger partial charge in [0.05, 0.1) is 6.61 Å². The van der Waals surface area contributed by atoms with Gasteiger partial charge in [-0.15, -0.1) is 24.0 Å². The highest BCUT2D eigenvalue weighted by molar-refractivity contribution is 14.0. The highest BCUT2D eigenvalue weighted by Gasteiger charge is 2.39. The van der Waals surface area contributed by atoms with E-state index >= 15 is 0 Å². The van der Waals surface area contributed by atoms with Crippen molar-refractivity contribution in [2.45, 2.75) is 50.6 Å². The second kappa shape index (κ2) is 10.8. The van der Waals surface area contributed by atoms with Crippen molar-refractivity contribution in [2.24, 2.45) is 10.9 Å². The number of likely N-dealkylation sites (tertiary alicyclic amines) is 1. The van der Waals surface area contributed by atoms with Gasteiger partial charge in [0, 0.05) is 50.8 Å². The molecule has 3 fully saturated rings. The quantitative estimate of drug-likeness (QED) is 0.360. The lowest BCUT2D eigenvalue weighted by Gasteiger charge is -2.34. The molecule has 2 aliphatic heterocycles. The molecule has 0 spiro atoms. The first-order valence-corrected chi connectivity index (χ1v) is 10.7. The summed E-state index contributed by atoms with van der Waals surface area (Å²) in [5, 5.41) is 7.37. The van der Waals surface area contributed by atoms with Gasteiger partial charge < -0.3 is 20.3 Å². The maximum atomic E-state index is 5.52. The monoisotopic (exact) mass is 498 g/mol. The van der Waals surface area contributed by atoms with Crippen LogP contribution >= 0.6 is 24.0 Å². The van der Waals surface area contributed by atoms with Crippen LogP contribution in [0.1, 0.15) is 44.1 Å². The molecule has 28 heavy (non-hydrogen) atoms. The van der Waals surface area contributed by atoms with E-state index in [1.54, 1.807) is 0 Å². The lowest BCUT2D eigenvalue weighted by Crippen LogP contribution is -2.50. The zero-order valence-electron chi connectivity index (χ0n) is 17.0. The van der Waals surface area contributed by atoms with E-state index in [0.717, 1.165) is 31.6 Å². The Kier molecular flexibility index (Phi) is 8.41. The summed E-state index contributed by atoms with van der Waals surface area (Å²) < 4.78 is 5.52. The first kappa shape index (κ1) is 21.8. The number of nitrogens with zero attached hydrogens (tertiary/aromatic N) is 2. The standard InChI is InChI=1S/C22H34N4O.HI/c1-2-23-22(25-21-14-20(21)18-6-4-3-5-7-18)24-19-8-11-26(12-9-19)15-17-10-13-27-16-17;/h3-7,17,19-21H,2,8-16H2,1H3,(H2,23,24,25);1H. The predicted octanol–water partition coefficient (Wildman–Crippen LogP) is 3.22. The van der Waals surface area contributed by atoms with Crippen molar-refractivity contribution in [1.82, 2.24) is 15.5 Å². The lowest BCUT2D eigenvalue weighted by molar-refractivity contribution is 0.150. The maximum Gasteiger partial charge on any atom is 0.191 e. The third-order valence-corrected chi connectivity index (χ3v) is 6.13. The van der Waals surface area contributed by atoms with Crippen molar-refractivity contribution in [3.8, 4) is 0 Å². The summed E-state index contributed by atoms with van der Waals surface area (Å²) in [4.78, 5) is 7.31. The van der Waals surface area contributed by atoms with Crippen LogP contribution in [0.5, 0.6) is 0 Å². The van der Waals surface area contributed by atoms with Crippen LogP contribution in [-0.4, -0.2) is 62.3 Å². The zero-order chi connectivity index (χ0) is 18.5. The molecule has 2 N–H and O–H groups in total. The van der Waals surface area contributed by atoms with E-state index < -0.39 is 0 Å². The SMILES string of the molecule is CCN=C(NC1CCN(CC2CCOC2)CC1)NC1CC1c1ccccc1.I. The molecule has 156 valence electrons. The molecule has 2 saturated heterocycles. The molecular formula is C22H35IN4O. The topological polar surface area (TPSA) is 48.9 Å². The van der Waals surface area contributed by atoms with E-state index in [1.807, 2.05) is 0 Å². The number of rotatable bonds is 6. The van der Waals surface area contributed by atoms with Crippen LogP contribution in [0, 0.1) is 5.92 Å². The number of benzene rings is 1. The Balaban J connectivity index is 0.00000225. The first-order valence-electron chi connectivity index (χ1n) is 10.7. The molecule has 0 radical (unpaired) electrons. The molecule has 6 heteroatoms. The summed E-state index contributed by atoms with van der Waals surface area (Å²) >= 11 is 0. The van der Waals surface area contributed by atoms with Crippen LogP contribution in [0.15, 0.2) is 35.3 Å². The molecule has 1 aromatic carbocycles. The number of hydrogen-bond acceptors (Lipinski definition) is 3. The Hall–Kier alpha value is -0.860. The van der Waals surface area contributed by atoms with E-state index in [9.17, 15) is 0 Å². The van der Waals surface area contributed by atoms with Crippen LogP contribution < -0.4 is 10.6 Å². The zero-order valence-corrected chi connectivity index (χ0v) is 19.3. The normalized spacial score (nSPS) is 28.6. The van der Waals surface area contributed by atoms with Gasteiger partial charge in [-0.2, -0.15) is 0 Å². The van der Waals surface area contributed by atoms with Crippen molar-refractivity contribution >= 4 is 29.9 Å². The van der Waals surface area contributed by atoms with Crippen molar-refractivity contribution in [3.05, 3.63) is 35.9 Å². The highest BCUT2D eigenvalue weighted by Crippen LogP contribution is 2.40. The second-order valence-electron chi connectivity index (χ2n) is 8.28. The first-order chi connectivity index (χ1) is 13.3. The lowest BCUT2D eigenvalue weighted by atomic mass is 10.0.